The Bertz CT molecular complexity index is 360. The van der Waals surface area contributed by atoms with Gasteiger partial charge in [0.1, 0.15) is 11.6 Å². The van der Waals surface area contributed by atoms with Crippen LogP contribution in [0.15, 0.2) is 18.2 Å². The summed E-state index contributed by atoms with van der Waals surface area (Å²) in [5, 5.41) is 2.56. The lowest BCUT2D eigenvalue weighted by atomic mass is 10.1. The second-order valence-corrected chi connectivity index (χ2v) is 3.61. The molecular weight excluding hydrogens is 214 g/mol. The topological polar surface area (TPSA) is 55.1 Å². The zero-order valence-electron chi connectivity index (χ0n) is 8.97. The predicted molar refractivity (Wildman–Crippen MR) is 56.7 cm³/mol. The fourth-order valence-electron chi connectivity index (χ4n) is 1.25. The van der Waals surface area contributed by atoms with E-state index in [1.54, 1.807) is 6.92 Å². The zero-order chi connectivity index (χ0) is 12.1. The van der Waals surface area contributed by atoms with Gasteiger partial charge in [0.25, 0.3) is 0 Å². The van der Waals surface area contributed by atoms with E-state index in [0.29, 0.717) is 18.5 Å². The van der Waals surface area contributed by atoms with Crippen molar-refractivity contribution in [1.82, 2.24) is 5.32 Å². The van der Waals surface area contributed by atoms with Crippen molar-refractivity contribution < 1.29 is 13.6 Å². The van der Waals surface area contributed by atoms with Crippen molar-refractivity contribution in [3.05, 3.63) is 35.4 Å². The number of amides is 1. The van der Waals surface area contributed by atoms with Gasteiger partial charge in [-0.05, 0) is 31.0 Å². The smallest absolute Gasteiger partial charge is 0.236 e. The normalized spacial score (nSPS) is 12.2. The second kappa shape index (κ2) is 5.55. The van der Waals surface area contributed by atoms with Crippen LogP contribution in [0.1, 0.15) is 12.5 Å². The Balaban J connectivity index is 2.46. The van der Waals surface area contributed by atoms with Gasteiger partial charge in [0, 0.05) is 12.6 Å². The summed E-state index contributed by atoms with van der Waals surface area (Å²) in [5.41, 5.74) is 5.83. The number of benzene rings is 1. The molecule has 0 bridgehead atoms. The van der Waals surface area contributed by atoms with Gasteiger partial charge in [-0.3, -0.25) is 4.79 Å². The second-order valence-electron chi connectivity index (χ2n) is 3.61. The van der Waals surface area contributed by atoms with Crippen LogP contribution in [0.5, 0.6) is 0 Å². The van der Waals surface area contributed by atoms with Crippen LogP contribution < -0.4 is 11.1 Å². The van der Waals surface area contributed by atoms with Gasteiger partial charge in [-0.15, -0.1) is 0 Å². The molecule has 0 saturated heterocycles. The van der Waals surface area contributed by atoms with Crippen LogP contribution in [0.3, 0.4) is 0 Å². The van der Waals surface area contributed by atoms with Crippen molar-refractivity contribution in [2.75, 3.05) is 6.54 Å². The Kier molecular flexibility index (Phi) is 4.37. The van der Waals surface area contributed by atoms with Gasteiger partial charge in [0.05, 0.1) is 6.04 Å². The maximum atomic E-state index is 12.8. The van der Waals surface area contributed by atoms with Crippen LogP contribution in [-0.4, -0.2) is 18.5 Å². The molecule has 0 saturated carbocycles. The SMILES string of the molecule is CC(N)C(=O)NCCc1cc(F)cc(F)c1. The number of hydrogen-bond acceptors (Lipinski definition) is 2. The minimum atomic E-state index is -0.617. The van der Waals surface area contributed by atoms with E-state index >= 15 is 0 Å². The van der Waals surface area contributed by atoms with Gasteiger partial charge in [0.2, 0.25) is 5.91 Å². The van der Waals surface area contributed by atoms with Crippen LogP contribution in [0.25, 0.3) is 0 Å². The van der Waals surface area contributed by atoms with Crippen LogP contribution in [-0.2, 0) is 11.2 Å². The summed E-state index contributed by atoms with van der Waals surface area (Å²) >= 11 is 0. The number of rotatable bonds is 4. The molecule has 3 nitrogen and oxygen atoms in total. The molecule has 1 aromatic rings. The lowest BCUT2D eigenvalue weighted by Crippen LogP contribution is -2.39. The number of halogens is 2. The van der Waals surface area contributed by atoms with Crippen molar-refractivity contribution in [2.24, 2.45) is 5.73 Å². The lowest BCUT2D eigenvalue weighted by Gasteiger charge is -2.07. The molecule has 88 valence electrons. The Hall–Kier alpha value is -1.49. The lowest BCUT2D eigenvalue weighted by molar-refractivity contribution is -0.121. The molecule has 16 heavy (non-hydrogen) atoms. The molecule has 1 unspecified atom stereocenters. The molecule has 1 amide bonds. The molecule has 0 heterocycles. The van der Waals surface area contributed by atoms with Crippen molar-refractivity contribution in [3.63, 3.8) is 0 Å². The first-order valence-corrected chi connectivity index (χ1v) is 4.97. The average Bonchev–Trinajstić information content (AvgIpc) is 2.15. The van der Waals surface area contributed by atoms with Crippen LogP contribution >= 0.6 is 0 Å². The quantitative estimate of drug-likeness (QED) is 0.806. The predicted octanol–water partition coefficient (Wildman–Crippen LogP) is 0.971. The summed E-state index contributed by atoms with van der Waals surface area (Å²) in [6.07, 6.45) is 0.368. The summed E-state index contributed by atoms with van der Waals surface area (Å²) in [6, 6.07) is 2.70. The van der Waals surface area contributed by atoms with E-state index < -0.39 is 17.7 Å². The molecule has 0 spiro atoms. The molecule has 0 aliphatic carbocycles. The molecule has 0 aliphatic heterocycles. The molecular formula is C11H14F2N2O. The molecule has 5 heteroatoms. The van der Waals surface area contributed by atoms with Gasteiger partial charge < -0.3 is 11.1 Å². The van der Waals surface area contributed by atoms with Gasteiger partial charge in [-0.25, -0.2) is 8.78 Å². The van der Waals surface area contributed by atoms with Gasteiger partial charge in [-0.2, -0.15) is 0 Å². The maximum Gasteiger partial charge on any atom is 0.236 e. The maximum absolute atomic E-state index is 12.8. The van der Waals surface area contributed by atoms with Crippen molar-refractivity contribution in [2.45, 2.75) is 19.4 Å². The molecule has 0 radical (unpaired) electrons. The van der Waals surface area contributed by atoms with E-state index in [1.165, 1.54) is 12.1 Å². The highest BCUT2D eigenvalue weighted by Crippen LogP contribution is 2.07. The third-order valence-electron chi connectivity index (χ3n) is 2.05. The third-order valence-corrected chi connectivity index (χ3v) is 2.05. The van der Waals surface area contributed by atoms with Crippen molar-refractivity contribution in [3.8, 4) is 0 Å². The highest BCUT2D eigenvalue weighted by molar-refractivity contribution is 5.80. The minimum absolute atomic E-state index is 0.281. The Morgan fingerprint density at radius 2 is 1.94 bits per heavy atom. The van der Waals surface area contributed by atoms with Gasteiger partial charge in [-0.1, -0.05) is 0 Å². The highest BCUT2D eigenvalue weighted by atomic mass is 19.1. The van der Waals surface area contributed by atoms with Crippen molar-refractivity contribution in [1.29, 1.82) is 0 Å². The number of hydrogen-bond donors (Lipinski definition) is 2. The number of nitrogens with one attached hydrogen (secondary N) is 1. The van der Waals surface area contributed by atoms with Crippen LogP contribution in [0.2, 0.25) is 0 Å². The van der Waals surface area contributed by atoms with Crippen molar-refractivity contribution >= 4 is 5.91 Å². The minimum Gasteiger partial charge on any atom is -0.354 e. The Labute approximate surface area is 92.6 Å². The van der Waals surface area contributed by atoms with E-state index in [9.17, 15) is 13.6 Å². The highest BCUT2D eigenvalue weighted by Gasteiger charge is 2.06. The first-order chi connectivity index (χ1) is 7.49. The number of carbonyl (C=O) groups excluding carboxylic acids is 1. The molecule has 3 N–H and O–H groups in total. The Morgan fingerprint density at radius 3 is 2.44 bits per heavy atom. The van der Waals surface area contributed by atoms with E-state index in [2.05, 4.69) is 5.32 Å². The fraction of sp³-hybridized carbons (Fsp3) is 0.364. The Morgan fingerprint density at radius 1 is 1.38 bits per heavy atom. The monoisotopic (exact) mass is 228 g/mol. The third kappa shape index (κ3) is 3.94. The largest absolute Gasteiger partial charge is 0.354 e. The number of carbonyl (C=O) groups is 1. The first kappa shape index (κ1) is 12.6. The molecule has 1 rings (SSSR count). The summed E-state index contributed by atoms with van der Waals surface area (Å²) in [7, 11) is 0. The van der Waals surface area contributed by atoms with E-state index in [1.807, 2.05) is 0 Å². The molecule has 1 aromatic carbocycles. The summed E-state index contributed by atoms with van der Waals surface area (Å²) in [5.74, 6) is -1.51. The van der Waals surface area contributed by atoms with Crippen LogP contribution in [0.4, 0.5) is 8.78 Å². The van der Waals surface area contributed by atoms with Gasteiger partial charge >= 0.3 is 0 Å². The standard InChI is InChI=1S/C11H14F2N2O/c1-7(14)11(16)15-3-2-8-4-9(12)6-10(13)5-8/h4-7H,2-3,14H2,1H3,(H,15,16). The summed E-state index contributed by atoms with van der Waals surface area (Å²) in [4.78, 5) is 11.1. The zero-order valence-corrected chi connectivity index (χ0v) is 8.97. The van der Waals surface area contributed by atoms with E-state index in [-0.39, 0.29) is 5.91 Å². The summed E-state index contributed by atoms with van der Waals surface area (Å²) in [6.45, 7) is 1.88. The van der Waals surface area contributed by atoms with Crippen LogP contribution in [0, 0.1) is 11.6 Å². The molecule has 1 atom stereocenters. The van der Waals surface area contributed by atoms with Gasteiger partial charge in [0.15, 0.2) is 0 Å². The summed E-state index contributed by atoms with van der Waals surface area (Å²) < 4.78 is 25.6. The first-order valence-electron chi connectivity index (χ1n) is 4.97. The molecule has 0 aliphatic rings. The van der Waals surface area contributed by atoms with E-state index in [0.717, 1.165) is 6.07 Å². The number of nitrogens with two attached hydrogens (primary N) is 1. The average molecular weight is 228 g/mol. The fourth-order valence-corrected chi connectivity index (χ4v) is 1.25. The van der Waals surface area contributed by atoms with E-state index in [4.69, 9.17) is 5.73 Å². The molecule has 0 aromatic heterocycles. The molecule has 0 fully saturated rings.